The summed E-state index contributed by atoms with van der Waals surface area (Å²) in [4.78, 5) is 25.5. The van der Waals surface area contributed by atoms with Gasteiger partial charge in [0.15, 0.2) is 0 Å². The minimum Gasteiger partial charge on any atom is -0.479 e. The number of fused-ring (bicyclic) bond motifs is 4. The molecule has 0 radical (unpaired) electrons. The molecule has 0 saturated heterocycles. The van der Waals surface area contributed by atoms with Crippen molar-refractivity contribution in [1.82, 2.24) is 5.32 Å². The molecule has 0 unspecified atom stereocenters. The van der Waals surface area contributed by atoms with Crippen molar-refractivity contribution in [3.63, 3.8) is 0 Å². The summed E-state index contributed by atoms with van der Waals surface area (Å²) in [5.74, 6) is -2.14. The smallest absolute Gasteiger partial charge is 0.342 e. The highest BCUT2D eigenvalue weighted by molar-refractivity contribution is 6.05. The molecule has 0 amide bonds. The van der Waals surface area contributed by atoms with Crippen LogP contribution in [0.1, 0.15) is 28.2 Å². The summed E-state index contributed by atoms with van der Waals surface area (Å²) in [6.07, 6.45) is 0.669. The second-order valence-corrected chi connectivity index (χ2v) is 7.71. The first-order chi connectivity index (χ1) is 14.6. The van der Waals surface area contributed by atoms with Gasteiger partial charge in [-0.2, -0.15) is 0 Å². The monoisotopic (exact) mass is 399 g/mol. The first-order valence-corrected chi connectivity index (χ1v) is 10.0. The van der Waals surface area contributed by atoms with E-state index in [2.05, 4.69) is 17.4 Å². The molecule has 0 fully saturated rings. The average molecular weight is 399 g/mol. The van der Waals surface area contributed by atoms with E-state index in [0.717, 1.165) is 27.8 Å². The number of hydrogen-bond acceptors (Lipinski definition) is 4. The highest BCUT2D eigenvalue weighted by Crippen LogP contribution is 2.44. The maximum absolute atomic E-state index is 13.2. The van der Waals surface area contributed by atoms with Crippen LogP contribution in [-0.2, 0) is 26.3 Å². The van der Waals surface area contributed by atoms with Crippen LogP contribution in [0.3, 0.4) is 0 Å². The van der Waals surface area contributed by atoms with Gasteiger partial charge in [0.1, 0.15) is 6.61 Å². The molecule has 2 N–H and O–H groups in total. The molecule has 0 aromatic heterocycles. The number of ether oxygens (including phenoxy) is 1. The number of benzene rings is 3. The van der Waals surface area contributed by atoms with Crippen molar-refractivity contribution in [2.24, 2.45) is 0 Å². The lowest BCUT2D eigenvalue weighted by molar-refractivity contribution is -0.164. The predicted octanol–water partition coefficient (Wildman–Crippen LogP) is 3.47. The number of carbonyl (C=O) groups is 2. The molecule has 5 nitrogen and oxygen atoms in total. The third-order valence-electron chi connectivity index (χ3n) is 6.18. The third kappa shape index (κ3) is 2.66. The molecule has 30 heavy (non-hydrogen) atoms. The molecule has 5 heteroatoms. The number of aliphatic carboxylic acids is 1. The highest BCUT2D eigenvalue weighted by atomic mass is 16.5. The van der Waals surface area contributed by atoms with E-state index < -0.39 is 17.5 Å². The van der Waals surface area contributed by atoms with Gasteiger partial charge < -0.3 is 9.84 Å². The Balaban J connectivity index is 1.47. The van der Waals surface area contributed by atoms with Gasteiger partial charge in [-0.05, 0) is 39.8 Å². The van der Waals surface area contributed by atoms with Crippen LogP contribution in [0.5, 0.6) is 0 Å². The van der Waals surface area contributed by atoms with Gasteiger partial charge in [0.05, 0.1) is 0 Å². The fourth-order valence-electron chi connectivity index (χ4n) is 4.75. The van der Waals surface area contributed by atoms with Crippen molar-refractivity contribution in [2.75, 3.05) is 13.2 Å². The van der Waals surface area contributed by atoms with Gasteiger partial charge in [-0.15, -0.1) is 0 Å². The van der Waals surface area contributed by atoms with Gasteiger partial charge in [-0.1, -0.05) is 72.8 Å². The van der Waals surface area contributed by atoms with E-state index in [1.807, 2.05) is 48.5 Å². The fourth-order valence-corrected chi connectivity index (χ4v) is 4.75. The lowest BCUT2D eigenvalue weighted by Crippen LogP contribution is -2.59. The maximum Gasteiger partial charge on any atom is 0.342 e. The molecule has 3 aromatic rings. The molecule has 0 spiro atoms. The van der Waals surface area contributed by atoms with E-state index in [1.54, 1.807) is 12.1 Å². The molecule has 5 rings (SSSR count). The summed E-state index contributed by atoms with van der Waals surface area (Å²) in [6.45, 7) is 0.485. The van der Waals surface area contributed by atoms with E-state index in [1.165, 1.54) is 0 Å². The van der Waals surface area contributed by atoms with Crippen molar-refractivity contribution < 1.29 is 19.4 Å². The van der Waals surface area contributed by atoms with Gasteiger partial charge in [0, 0.05) is 12.5 Å². The highest BCUT2D eigenvalue weighted by Gasteiger charge is 2.52. The summed E-state index contributed by atoms with van der Waals surface area (Å²) in [6, 6.07) is 23.3. The van der Waals surface area contributed by atoms with E-state index in [9.17, 15) is 14.7 Å². The molecule has 0 bridgehead atoms. The molecule has 1 aliphatic heterocycles. The lowest BCUT2D eigenvalue weighted by Gasteiger charge is -2.34. The van der Waals surface area contributed by atoms with Gasteiger partial charge in [-0.3, -0.25) is 5.32 Å². The summed E-state index contributed by atoms with van der Waals surface area (Å²) in [7, 11) is 0. The van der Waals surface area contributed by atoms with E-state index >= 15 is 0 Å². The van der Waals surface area contributed by atoms with Gasteiger partial charge in [0.2, 0.25) is 5.54 Å². The number of rotatable bonds is 4. The van der Waals surface area contributed by atoms with Crippen molar-refractivity contribution >= 4 is 11.9 Å². The van der Waals surface area contributed by atoms with Crippen molar-refractivity contribution in [1.29, 1.82) is 0 Å². The standard InChI is InChI=1S/C25H21NO4/c27-23(28)25(22-12-6-1-7-16(22)13-14-26-25)24(29)30-15-21-19-10-4-2-8-17(19)18-9-3-5-11-20(18)21/h1-12,21,26H,13-15H2,(H,27,28)/t25-/m1/s1. The third-order valence-corrected chi connectivity index (χ3v) is 6.18. The number of esters is 1. The van der Waals surface area contributed by atoms with Gasteiger partial charge >= 0.3 is 11.9 Å². The Morgan fingerprint density at radius 1 is 0.933 bits per heavy atom. The van der Waals surface area contributed by atoms with Gasteiger partial charge in [0.25, 0.3) is 0 Å². The molecule has 0 saturated carbocycles. The zero-order valence-electron chi connectivity index (χ0n) is 16.3. The van der Waals surface area contributed by atoms with Crippen LogP contribution in [0, 0.1) is 0 Å². The van der Waals surface area contributed by atoms with Crippen LogP contribution in [0.2, 0.25) is 0 Å². The van der Waals surface area contributed by atoms with Crippen LogP contribution >= 0.6 is 0 Å². The zero-order valence-corrected chi connectivity index (χ0v) is 16.3. The number of carbonyl (C=O) groups excluding carboxylic acids is 1. The van der Waals surface area contributed by atoms with Crippen molar-refractivity contribution in [2.45, 2.75) is 17.9 Å². The first kappa shape index (κ1) is 18.6. The molecule has 1 atom stereocenters. The molecule has 2 aliphatic rings. The summed E-state index contributed by atoms with van der Waals surface area (Å²) >= 11 is 0. The van der Waals surface area contributed by atoms with Crippen LogP contribution in [-0.4, -0.2) is 30.2 Å². The van der Waals surface area contributed by atoms with Crippen LogP contribution in [0.4, 0.5) is 0 Å². The van der Waals surface area contributed by atoms with Crippen molar-refractivity contribution in [3.8, 4) is 11.1 Å². The largest absolute Gasteiger partial charge is 0.479 e. The average Bonchev–Trinajstić information content (AvgIpc) is 3.10. The molecule has 1 aliphatic carbocycles. The molecule has 1 heterocycles. The SMILES string of the molecule is O=C(O)[C@]1(C(=O)OCC2c3ccccc3-c3ccccc32)NCCc2ccccc21. The number of carboxylic acid groups (broad SMARTS) is 1. The normalized spacial score (nSPS) is 19.5. The van der Waals surface area contributed by atoms with Crippen LogP contribution < -0.4 is 5.32 Å². The van der Waals surface area contributed by atoms with Crippen molar-refractivity contribution in [3.05, 3.63) is 95.1 Å². The van der Waals surface area contributed by atoms with E-state index in [0.29, 0.717) is 18.5 Å². The summed E-state index contributed by atoms with van der Waals surface area (Å²) in [5.41, 5.74) is 3.87. The Bertz CT molecular complexity index is 1110. The van der Waals surface area contributed by atoms with E-state index in [4.69, 9.17) is 4.74 Å². The summed E-state index contributed by atoms with van der Waals surface area (Å²) in [5, 5.41) is 13.0. The topological polar surface area (TPSA) is 75.6 Å². The number of carboxylic acids is 1. The fraction of sp³-hybridized carbons (Fsp3) is 0.200. The zero-order chi connectivity index (χ0) is 20.7. The van der Waals surface area contributed by atoms with Crippen LogP contribution in [0.25, 0.3) is 11.1 Å². The predicted molar refractivity (Wildman–Crippen MR) is 112 cm³/mol. The number of nitrogens with one attached hydrogen (secondary N) is 1. The first-order valence-electron chi connectivity index (χ1n) is 10.0. The Morgan fingerprint density at radius 3 is 2.20 bits per heavy atom. The Labute approximate surface area is 174 Å². The summed E-state index contributed by atoms with van der Waals surface area (Å²) < 4.78 is 5.72. The molecular weight excluding hydrogens is 378 g/mol. The molecule has 3 aromatic carbocycles. The van der Waals surface area contributed by atoms with Crippen LogP contribution in [0.15, 0.2) is 72.8 Å². The number of hydrogen-bond donors (Lipinski definition) is 2. The second-order valence-electron chi connectivity index (χ2n) is 7.71. The second kappa shape index (κ2) is 7.11. The minimum absolute atomic E-state index is 0.0890. The Morgan fingerprint density at radius 2 is 1.53 bits per heavy atom. The Hall–Kier alpha value is -3.44. The molecular formula is C25H21NO4. The van der Waals surface area contributed by atoms with E-state index in [-0.39, 0.29) is 12.5 Å². The lowest BCUT2D eigenvalue weighted by atomic mass is 9.82. The quantitative estimate of drug-likeness (QED) is 0.519. The van der Waals surface area contributed by atoms with Gasteiger partial charge in [-0.25, -0.2) is 9.59 Å². The Kier molecular flexibility index (Phi) is 4.40. The maximum atomic E-state index is 13.2. The minimum atomic E-state index is -1.88. The molecule has 150 valence electrons.